The standard InChI is InChI=1S/C23H30FN5O4/c1-23(2,3)33-22(31)28-18-7-6-15(16-5-4-8-26-19(16)13-27-21(25)30)17(20(18)24)14-29-9-11-32-12-10-29/h4-8H,9-14H2,1-3H3,(H,28,31)(H3,25,27,30). The molecule has 2 heterocycles. The third-order valence-corrected chi connectivity index (χ3v) is 4.97. The maximum atomic E-state index is 15.8. The van der Waals surface area contributed by atoms with E-state index in [0.29, 0.717) is 55.2 Å². The number of rotatable bonds is 6. The molecule has 3 rings (SSSR count). The molecule has 0 aliphatic carbocycles. The van der Waals surface area contributed by atoms with Gasteiger partial charge in [-0.3, -0.25) is 15.2 Å². The number of hydrogen-bond acceptors (Lipinski definition) is 6. The number of nitrogens with two attached hydrogens (primary N) is 1. The van der Waals surface area contributed by atoms with E-state index >= 15 is 4.39 Å². The number of aromatic nitrogens is 1. The van der Waals surface area contributed by atoms with Crippen molar-refractivity contribution in [1.82, 2.24) is 15.2 Å². The maximum Gasteiger partial charge on any atom is 0.412 e. The molecule has 0 radical (unpaired) electrons. The molecule has 0 unspecified atom stereocenters. The molecule has 3 amide bonds. The maximum absolute atomic E-state index is 15.8. The van der Waals surface area contributed by atoms with Crippen molar-refractivity contribution in [3.8, 4) is 11.1 Å². The average Bonchev–Trinajstić information content (AvgIpc) is 2.75. The Kier molecular flexibility index (Phi) is 7.83. The Morgan fingerprint density at radius 1 is 1.21 bits per heavy atom. The number of anilines is 1. The van der Waals surface area contributed by atoms with E-state index in [1.54, 1.807) is 39.1 Å². The summed E-state index contributed by atoms with van der Waals surface area (Å²) >= 11 is 0. The Bertz CT molecular complexity index is 1000. The van der Waals surface area contributed by atoms with Crippen LogP contribution >= 0.6 is 0 Å². The van der Waals surface area contributed by atoms with E-state index in [1.807, 2.05) is 6.07 Å². The summed E-state index contributed by atoms with van der Waals surface area (Å²) in [6.45, 7) is 8.06. The molecule has 9 nitrogen and oxygen atoms in total. The third kappa shape index (κ3) is 6.87. The molecule has 178 valence electrons. The SMILES string of the molecule is CC(C)(C)OC(=O)Nc1ccc(-c2cccnc2CNC(N)=O)c(CN2CCOCC2)c1F. The van der Waals surface area contributed by atoms with Gasteiger partial charge in [-0.25, -0.2) is 14.0 Å². The molecule has 1 aliphatic rings. The molecule has 0 saturated carbocycles. The number of carbonyl (C=O) groups is 2. The van der Waals surface area contributed by atoms with Gasteiger partial charge >= 0.3 is 12.1 Å². The third-order valence-electron chi connectivity index (χ3n) is 4.97. The smallest absolute Gasteiger partial charge is 0.412 e. The zero-order valence-electron chi connectivity index (χ0n) is 19.1. The van der Waals surface area contributed by atoms with Crippen LogP contribution in [0.25, 0.3) is 11.1 Å². The lowest BCUT2D eigenvalue weighted by atomic mass is 9.96. The van der Waals surface area contributed by atoms with Crippen LogP contribution in [-0.4, -0.2) is 53.9 Å². The summed E-state index contributed by atoms with van der Waals surface area (Å²) in [5, 5.41) is 5.04. The molecule has 1 aromatic heterocycles. The van der Waals surface area contributed by atoms with Crippen molar-refractivity contribution in [3.63, 3.8) is 0 Å². The van der Waals surface area contributed by atoms with Crippen LogP contribution in [0.3, 0.4) is 0 Å². The summed E-state index contributed by atoms with van der Waals surface area (Å²) in [4.78, 5) is 29.9. The van der Waals surface area contributed by atoms with Crippen LogP contribution in [0.15, 0.2) is 30.5 Å². The monoisotopic (exact) mass is 459 g/mol. The number of nitrogens with zero attached hydrogens (tertiary/aromatic N) is 2. The lowest BCUT2D eigenvalue weighted by Gasteiger charge is -2.28. The minimum absolute atomic E-state index is 0.0250. The van der Waals surface area contributed by atoms with E-state index < -0.39 is 23.5 Å². The molecule has 1 aromatic carbocycles. The Morgan fingerprint density at radius 2 is 1.94 bits per heavy atom. The quantitative estimate of drug-likeness (QED) is 0.610. The van der Waals surface area contributed by atoms with Gasteiger partial charge in [-0.2, -0.15) is 0 Å². The van der Waals surface area contributed by atoms with Crippen molar-refractivity contribution in [2.24, 2.45) is 5.73 Å². The van der Waals surface area contributed by atoms with E-state index in [9.17, 15) is 9.59 Å². The predicted octanol–water partition coefficient (Wildman–Crippen LogP) is 3.24. The van der Waals surface area contributed by atoms with Gasteiger partial charge in [-0.1, -0.05) is 12.1 Å². The van der Waals surface area contributed by atoms with Gasteiger partial charge in [0.15, 0.2) is 5.82 Å². The largest absolute Gasteiger partial charge is 0.444 e. The van der Waals surface area contributed by atoms with Gasteiger partial charge in [-0.15, -0.1) is 0 Å². The van der Waals surface area contributed by atoms with E-state index in [2.05, 4.69) is 20.5 Å². The molecular formula is C23H30FN5O4. The number of ether oxygens (including phenoxy) is 2. The lowest BCUT2D eigenvalue weighted by Crippen LogP contribution is -2.36. The second kappa shape index (κ2) is 10.6. The Labute approximate surface area is 192 Å². The minimum atomic E-state index is -0.737. The first-order valence-electron chi connectivity index (χ1n) is 10.7. The summed E-state index contributed by atoms with van der Waals surface area (Å²) < 4.78 is 26.5. The van der Waals surface area contributed by atoms with Crippen molar-refractivity contribution in [1.29, 1.82) is 0 Å². The molecule has 0 spiro atoms. The van der Waals surface area contributed by atoms with E-state index in [4.69, 9.17) is 15.2 Å². The summed E-state index contributed by atoms with van der Waals surface area (Å²) in [6, 6.07) is 6.10. The highest BCUT2D eigenvalue weighted by atomic mass is 19.1. The first-order chi connectivity index (χ1) is 15.6. The van der Waals surface area contributed by atoms with Crippen LogP contribution in [-0.2, 0) is 22.6 Å². The fourth-order valence-corrected chi connectivity index (χ4v) is 3.52. The zero-order valence-corrected chi connectivity index (χ0v) is 19.1. The molecule has 0 atom stereocenters. The van der Waals surface area contributed by atoms with Crippen molar-refractivity contribution in [3.05, 3.63) is 47.5 Å². The van der Waals surface area contributed by atoms with Gasteiger partial charge in [0, 0.05) is 37.0 Å². The highest BCUT2D eigenvalue weighted by Gasteiger charge is 2.23. The molecule has 33 heavy (non-hydrogen) atoms. The van der Waals surface area contributed by atoms with Crippen molar-refractivity contribution >= 4 is 17.8 Å². The van der Waals surface area contributed by atoms with Gasteiger partial charge in [0.2, 0.25) is 0 Å². The van der Waals surface area contributed by atoms with E-state index in [0.717, 1.165) is 0 Å². The number of carbonyl (C=O) groups excluding carboxylic acids is 2. The van der Waals surface area contributed by atoms with Crippen molar-refractivity contribution < 1.29 is 23.5 Å². The Hall–Kier alpha value is -3.24. The van der Waals surface area contributed by atoms with Crippen LogP contribution in [0.2, 0.25) is 0 Å². The Balaban J connectivity index is 2.00. The summed E-state index contributed by atoms with van der Waals surface area (Å²) in [5.41, 5.74) is 6.75. The number of hydrogen-bond donors (Lipinski definition) is 3. The Morgan fingerprint density at radius 3 is 2.61 bits per heavy atom. The number of pyridine rings is 1. The van der Waals surface area contributed by atoms with Crippen LogP contribution in [0.1, 0.15) is 32.0 Å². The number of nitrogens with one attached hydrogen (secondary N) is 2. The minimum Gasteiger partial charge on any atom is -0.444 e. The lowest BCUT2D eigenvalue weighted by molar-refractivity contribution is 0.0338. The van der Waals surface area contributed by atoms with Crippen LogP contribution in [0.4, 0.5) is 19.7 Å². The molecular weight excluding hydrogens is 429 g/mol. The van der Waals surface area contributed by atoms with Crippen LogP contribution in [0.5, 0.6) is 0 Å². The second-order valence-corrected chi connectivity index (χ2v) is 8.68. The topological polar surface area (TPSA) is 119 Å². The number of urea groups is 1. The van der Waals surface area contributed by atoms with Gasteiger partial charge in [0.1, 0.15) is 5.60 Å². The number of amides is 3. The summed E-state index contributed by atoms with van der Waals surface area (Å²) in [7, 11) is 0. The molecule has 0 bridgehead atoms. The van der Waals surface area contributed by atoms with Gasteiger partial charge in [-0.05, 0) is 38.5 Å². The number of halogens is 1. The second-order valence-electron chi connectivity index (χ2n) is 8.68. The van der Waals surface area contributed by atoms with E-state index in [1.165, 1.54) is 6.07 Å². The molecule has 2 aromatic rings. The summed E-state index contributed by atoms with van der Waals surface area (Å²) in [6.07, 6.45) is 0.858. The van der Waals surface area contributed by atoms with Crippen LogP contribution < -0.4 is 16.4 Å². The average molecular weight is 460 g/mol. The van der Waals surface area contributed by atoms with E-state index in [-0.39, 0.29) is 12.2 Å². The zero-order chi connectivity index (χ0) is 24.0. The van der Waals surface area contributed by atoms with Gasteiger partial charge < -0.3 is 20.5 Å². The first-order valence-corrected chi connectivity index (χ1v) is 10.7. The molecule has 10 heteroatoms. The first kappa shape index (κ1) is 24.4. The number of benzene rings is 1. The predicted molar refractivity (Wildman–Crippen MR) is 122 cm³/mol. The summed E-state index contributed by atoms with van der Waals surface area (Å²) in [5.74, 6) is -0.553. The fourth-order valence-electron chi connectivity index (χ4n) is 3.52. The highest BCUT2D eigenvalue weighted by molar-refractivity contribution is 5.86. The highest BCUT2D eigenvalue weighted by Crippen LogP contribution is 2.33. The molecule has 1 fully saturated rings. The molecule has 1 saturated heterocycles. The van der Waals surface area contributed by atoms with Crippen LogP contribution in [0, 0.1) is 5.82 Å². The molecule has 4 N–H and O–H groups in total. The normalized spacial score (nSPS) is 14.5. The van der Waals surface area contributed by atoms with Crippen molar-refractivity contribution in [2.75, 3.05) is 31.6 Å². The number of primary amides is 1. The fraction of sp³-hybridized carbons (Fsp3) is 0.435. The van der Waals surface area contributed by atoms with Crippen molar-refractivity contribution in [2.45, 2.75) is 39.5 Å². The van der Waals surface area contributed by atoms with Gasteiger partial charge in [0.25, 0.3) is 0 Å². The van der Waals surface area contributed by atoms with Gasteiger partial charge in [0.05, 0.1) is 31.1 Å². The molecule has 1 aliphatic heterocycles. The number of morpholine rings is 1.